The number of aromatic nitrogens is 4. The average Bonchev–Trinajstić information content (AvgIpc) is 3.43. The predicted molar refractivity (Wildman–Crippen MR) is 104 cm³/mol. The monoisotopic (exact) mass is 423 g/mol. The quantitative estimate of drug-likeness (QED) is 0.613. The first kappa shape index (κ1) is 20.4. The van der Waals surface area contributed by atoms with Crippen LogP contribution in [0, 0.1) is 5.92 Å². The molecule has 0 amide bonds. The van der Waals surface area contributed by atoms with Crippen molar-refractivity contribution in [3.8, 4) is 0 Å². The van der Waals surface area contributed by atoms with Gasteiger partial charge in [-0.1, -0.05) is 24.3 Å². The number of nitrogens with zero attached hydrogens (tertiary/aromatic N) is 4. The van der Waals surface area contributed by atoms with Crippen LogP contribution in [0.3, 0.4) is 0 Å². The van der Waals surface area contributed by atoms with Gasteiger partial charge in [-0.25, -0.2) is 9.07 Å². The van der Waals surface area contributed by atoms with Crippen molar-refractivity contribution in [1.29, 1.82) is 0 Å². The molecule has 0 spiro atoms. The molecule has 1 aliphatic rings. The lowest BCUT2D eigenvalue weighted by Crippen LogP contribution is -2.21. The van der Waals surface area contributed by atoms with E-state index in [9.17, 15) is 22.4 Å². The van der Waals surface area contributed by atoms with Crippen molar-refractivity contribution >= 4 is 17.0 Å². The van der Waals surface area contributed by atoms with Gasteiger partial charge in [-0.05, 0) is 29.9 Å². The first-order valence-electron chi connectivity index (χ1n) is 9.58. The summed E-state index contributed by atoms with van der Waals surface area (Å²) in [4.78, 5) is 21.3. The molecule has 6 nitrogen and oxygen atoms in total. The molecule has 0 unspecified atom stereocenters. The molecule has 2 aromatic heterocycles. The van der Waals surface area contributed by atoms with Crippen molar-refractivity contribution in [1.82, 2.24) is 19.7 Å². The minimum absolute atomic E-state index is 0.00315. The zero-order valence-corrected chi connectivity index (χ0v) is 16.5. The Hall–Kier alpha value is -2.91. The van der Waals surface area contributed by atoms with Gasteiger partial charge in [0.05, 0.1) is 12.5 Å². The van der Waals surface area contributed by atoms with E-state index in [1.54, 1.807) is 35.8 Å². The molecule has 1 atom stereocenters. The maximum Gasteiger partial charge on any atom is 0.393 e. The van der Waals surface area contributed by atoms with Crippen molar-refractivity contribution in [3.05, 3.63) is 51.4 Å². The van der Waals surface area contributed by atoms with Crippen LogP contribution >= 0.6 is 0 Å². The van der Waals surface area contributed by atoms with Gasteiger partial charge in [0.15, 0.2) is 5.65 Å². The number of fused-ring (bicyclic) bond motifs is 1. The Balaban J connectivity index is 1.83. The fraction of sp³-hybridized carbons (Fsp3) is 0.450. The van der Waals surface area contributed by atoms with E-state index < -0.39 is 24.8 Å². The van der Waals surface area contributed by atoms with Crippen LogP contribution in [0.15, 0.2) is 29.1 Å². The van der Waals surface area contributed by atoms with E-state index in [4.69, 9.17) is 0 Å². The lowest BCUT2D eigenvalue weighted by molar-refractivity contribution is -0.127. The van der Waals surface area contributed by atoms with E-state index in [1.807, 2.05) is 0 Å². The number of H-pyrrole nitrogens is 1. The van der Waals surface area contributed by atoms with Gasteiger partial charge in [-0.3, -0.25) is 9.78 Å². The molecule has 1 N–H and O–H groups in total. The number of anilines is 1. The summed E-state index contributed by atoms with van der Waals surface area (Å²) in [6.45, 7) is -0.919. The molecule has 4 rings (SSSR count). The van der Waals surface area contributed by atoms with Crippen LogP contribution in [0.1, 0.15) is 35.7 Å². The van der Waals surface area contributed by atoms with Crippen molar-refractivity contribution in [2.24, 2.45) is 5.92 Å². The van der Waals surface area contributed by atoms with Gasteiger partial charge in [0.25, 0.3) is 5.56 Å². The van der Waals surface area contributed by atoms with E-state index >= 15 is 0 Å². The van der Waals surface area contributed by atoms with Crippen LogP contribution in [0.5, 0.6) is 0 Å². The van der Waals surface area contributed by atoms with Gasteiger partial charge < -0.3 is 4.90 Å². The normalized spacial score (nSPS) is 15.5. The van der Waals surface area contributed by atoms with Crippen molar-refractivity contribution in [3.63, 3.8) is 0 Å². The second-order valence-corrected chi connectivity index (χ2v) is 7.82. The van der Waals surface area contributed by atoms with Gasteiger partial charge in [0.1, 0.15) is 17.8 Å². The molecule has 0 aliphatic heterocycles. The van der Waals surface area contributed by atoms with Crippen LogP contribution in [-0.4, -0.2) is 40.0 Å². The average molecular weight is 423 g/mol. The molecule has 0 bridgehead atoms. The van der Waals surface area contributed by atoms with Crippen LogP contribution in [0.25, 0.3) is 11.0 Å². The summed E-state index contributed by atoms with van der Waals surface area (Å²) in [6.07, 6.45) is -3.46. The highest BCUT2D eigenvalue weighted by molar-refractivity contribution is 5.78. The van der Waals surface area contributed by atoms with Gasteiger partial charge in [-0.15, -0.1) is 0 Å². The van der Waals surface area contributed by atoms with Crippen molar-refractivity contribution < 1.29 is 17.6 Å². The molecule has 0 radical (unpaired) electrons. The van der Waals surface area contributed by atoms with E-state index in [-0.39, 0.29) is 34.3 Å². The number of benzene rings is 1. The summed E-state index contributed by atoms with van der Waals surface area (Å²) in [7, 11) is 3.44. The zero-order valence-electron chi connectivity index (χ0n) is 16.5. The van der Waals surface area contributed by atoms with Crippen LogP contribution in [0.2, 0.25) is 0 Å². The second-order valence-electron chi connectivity index (χ2n) is 7.82. The van der Waals surface area contributed by atoms with E-state index in [0.29, 0.717) is 5.95 Å². The van der Waals surface area contributed by atoms with Gasteiger partial charge >= 0.3 is 6.18 Å². The fourth-order valence-corrected chi connectivity index (χ4v) is 3.69. The first-order chi connectivity index (χ1) is 14.2. The fourth-order valence-electron chi connectivity index (χ4n) is 3.69. The van der Waals surface area contributed by atoms with Crippen molar-refractivity contribution in [2.75, 3.05) is 19.0 Å². The van der Waals surface area contributed by atoms with Crippen molar-refractivity contribution in [2.45, 2.75) is 38.2 Å². The van der Waals surface area contributed by atoms with E-state index in [0.717, 1.165) is 18.4 Å². The molecule has 2 heterocycles. The molecule has 0 saturated heterocycles. The third kappa shape index (κ3) is 3.90. The number of nitrogens with one attached hydrogen (secondary N) is 1. The van der Waals surface area contributed by atoms with Gasteiger partial charge in [0.2, 0.25) is 5.95 Å². The lowest BCUT2D eigenvalue weighted by atomic mass is 10.00. The van der Waals surface area contributed by atoms with E-state index in [1.165, 1.54) is 12.1 Å². The Morgan fingerprint density at radius 2 is 1.90 bits per heavy atom. The number of aromatic amines is 1. The Labute approximate surface area is 169 Å². The molecule has 3 aromatic rings. The third-order valence-electron chi connectivity index (χ3n) is 5.23. The minimum atomic E-state index is -4.28. The number of hydrogen-bond acceptors (Lipinski definition) is 4. The SMILES string of the molecule is CN(C)c1nc2c(c(CF)nn2[C@H](c2ccc(CC(F)(F)F)cc2)C2CC2)c(=O)[nH]1. The van der Waals surface area contributed by atoms with Crippen LogP contribution in [-0.2, 0) is 13.1 Å². The Morgan fingerprint density at radius 3 is 2.43 bits per heavy atom. The summed E-state index contributed by atoms with van der Waals surface area (Å²) < 4.78 is 53.2. The van der Waals surface area contributed by atoms with Crippen LogP contribution in [0.4, 0.5) is 23.5 Å². The highest BCUT2D eigenvalue weighted by Crippen LogP contribution is 2.44. The summed E-state index contributed by atoms with van der Waals surface area (Å²) >= 11 is 0. The minimum Gasteiger partial charge on any atom is -0.348 e. The first-order valence-corrected chi connectivity index (χ1v) is 9.58. The van der Waals surface area contributed by atoms with Gasteiger partial charge in [-0.2, -0.15) is 23.3 Å². The van der Waals surface area contributed by atoms with E-state index in [2.05, 4.69) is 15.1 Å². The standard InChI is InChI=1S/C20H21F4N5O/c1-28(2)19-25-17-15(18(30)26-19)14(10-21)27-29(17)16(13-7-8-13)12-5-3-11(4-6-12)9-20(22,23)24/h3-6,13,16H,7-10H2,1-2H3,(H,25,26,30)/t16-/m1/s1. The second kappa shape index (κ2) is 7.41. The highest BCUT2D eigenvalue weighted by atomic mass is 19.4. The topological polar surface area (TPSA) is 66.8 Å². The molecular weight excluding hydrogens is 402 g/mol. The number of alkyl halides is 4. The zero-order chi connectivity index (χ0) is 21.6. The molecule has 160 valence electrons. The molecule has 1 aliphatic carbocycles. The number of rotatable bonds is 6. The molecule has 10 heteroatoms. The Kier molecular flexibility index (Phi) is 5.03. The number of halogens is 4. The smallest absolute Gasteiger partial charge is 0.348 e. The Bertz CT molecular complexity index is 1110. The Morgan fingerprint density at radius 1 is 1.23 bits per heavy atom. The summed E-state index contributed by atoms with van der Waals surface area (Å²) in [5, 5.41) is 4.45. The van der Waals surface area contributed by atoms with Gasteiger partial charge in [0, 0.05) is 14.1 Å². The molecule has 1 fully saturated rings. The molecule has 30 heavy (non-hydrogen) atoms. The lowest BCUT2D eigenvalue weighted by Gasteiger charge is -2.19. The molecule has 1 saturated carbocycles. The summed E-state index contributed by atoms with van der Waals surface area (Å²) in [5.41, 5.74) is 0.721. The third-order valence-corrected chi connectivity index (χ3v) is 5.23. The summed E-state index contributed by atoms with van der Waals surface area (Å²) in [6, 6.07) is 5.85. The summed E-state index contributed by atoms with van der Waals surface area (Å²) in [5.74, 6) is 0.507. The highest BCUT2D eigenvalue weighted by Gasteiger charge is 2.36. The maximum atomic E-state index is 13.6. The predicted octanol–water partition coefficient (Wildman–Crippen LogP) is 3.76. The number of hydrogen-bond donors (Lipinski definition) is 1. The maximum absolute atomic E-state index is 13.6. The van der Waals surface area contributed by atoms with Crippen LogP contribution < -0.4 is 10.5 Å². The molecular formula is C20H21F4N5O. The largest absolute Gasteiger partial charge is 0.393 e. The molecule has 1 aromatic carbocycles.